The first kappa shape index (κ1) is 14.5. The number of carboxylic acids is 1. The van der Waals surface area contributed by atoms with Crippen molar-refractivity contribution >= 4 is 22.8 Å². The summed E-state index contributed by atoms with van der Waals surface area (Å²) in [5, 5.41) is 12.6. The van der Waals surface area contributed by atoms with Crippen LogP contribution in [-0.4, -0.2) is 34.2 Å². The summed E-state index contributed by atoms with van der Waals surface area (Å²) in [6.07, 6.45) is -0.786. The molecule has 114 valence electrons. The van der Waals surface area contributed by atoms with Crippen molar-refractivity contribution in [2.45, 2.75) is 31.6 Å². The highest BCUT2D eigenvalue weighted by molar-refractivity contribution is 5.82. The molecule has 0 bridgehead atoms. The number of para-hydroxylation sites is 1. The minimum Gasteiger partial charge on any atom is -0.479 e. The standard InChI is InChI=1S/C16H16N2O4/c19-15(13-7-8-14(22-13)16(20)21)17-9-11-6-5-10-3-1-2-4-12(10)18-11/h1-6,13-14H,7-9H2,(H,17,19)(H,20,21)/t13-,14+/m0/s1. The highest BCUT2D eigenvalue weighted by atomic mass is 16.5. The molecule has 22 heavy (non-hydrogen) atoms. The molecule has 0 aliphatic carbocycles. The van der Waals surface area contributed by atoms with Gasteiger partial charge in [-0.3, -0.25) is 9.78 Å². The molecule has 2 aromatic rings. The van der Waals surface area contributed by atoms with Crippen molar-refractivity contribution in [2.75, 3.05) is 0 Å². The first-order chi connectivity index (χ1) is 10.6. The molecule has 1 amide bonds. The Morgan fingerprint density at radius 2 is 1.95 bits per heavy atom. The smallest absolute Gasteiger partial charge is 0.332 e. The molecule has 2 heterocycles. The molecule has 2 atom stereocenters. The van der Waals surface area contributed by atoms with Crippen LogP contribution in [0.2, 0.25) is 0 Å². The van der Waals surface area contributed by atoms with Crippen molar-refractivity contribution in [3.63, 3.8) is 0 Å². The molecule has 2 N–H and O–H groups in total. The van der Waals surface area contributed by atoms with Gasteiger partial charge in [0, 0.05) is 5.39 Å². The Bertz CT molecular complexity index is 716. The molecular formula is C16H16N2O4. The monoisotopic (exact) mass is 300 g/mol. The molecule has 3 rings (SSSR count). The van der Waals surface area contributed by atoms with Crippen LogP contribution in [0.4, 0.5) is 0 Å². The van der Waals surface area contributed by atoms with Crippen molar-refractivity contribution in [3.8, 4) is 0 Å². The summed E-state index contributed by atoms with van der Waals surface area (Å²) in [5.74, 6) is -1.31. The number of aromatic nitrogens is 1. The maximum Gasteiger partial charge on any atom is 0.332 e. The first-order valence-corrected chi connectivity index (χ1v) is 7.14. The van der Waals surface area contributed by atoms with Gasteiger partial charge in [-0.15, -0.1) is 0 Å². The number of carbonyl (C=O) groups excluding carboxylic acids is 1. The highest BCUT2D eigenvalue weighted by Crippen LogP contribution is 2.20. The topological polar surface area (TPSA) is 88.5 Å². The van der Waals surface area contributed by atoms with Crippen LogP contribution >= 0.6 is 0 Å². The summed E-state index contributed by atoms with van der Waals surface area (Å²) >= 11 is 0. The number of rotatable bonds is 4. The Labute approximate surface area is 127 Å². The molecule has 1 saturated heterocycles. The number of benzene rings is 1. The number of aliphatic carboxylic acids is 1. The summed E-state index contributed by atoms with van der Waals surface area (Å²) in [7, 11) is 0. The van der Waals surface area contributed by atoms with Gasteiger partial charge < -0.3 is 15.2 Å². The molecular weight excluding hydrogens is 284 g/mol. The minimum absolute atomic E-state index is 0.293. The third-order valence-electron chi connectivity index (χ3n) is 3.69. The van der Waals surface area contributed by atoms with Crippen LogP contribution in [0.5, 0.6) is 0 Å². The SMILES string of the molecule is O=C(NCc1ccc2ccccc2n1)[C@@H]1CC[C@H](C(=O)O)O1. The zero-order valence-corrected chi connectivity index (χ0v) is 11.9. The molecule has 1 aliphatic heterocycles. The van der Waals surface area contributed by atoms with Gasteiger partial charge >= 0.3 is 5.97 Å². The molecule has 1 aromatic heterocycles. The third kappa shape index (κ3) is 3.07. The highest BCUT2D eigenvalue weighted by Gasteiger charge is 2.34. The number of nitrogens with zero attached hydrogens (tertiary/aromatic N) is 1. The van der Waals surface area contributed by atoms with E-state index in [2.05, 4.69) is 10.3 Å². The van der Waals surface area contributed by atoms with Gasteiger partial charge in [0.1, 0.15) is 6.10 Å². The molecule has 0 unspecified atom stereocenters. The fourth-order valence-corrected chi connectivity index (χ4v) is 2.51. The zero-order valence-electron chi connectivity index (χ0n) is 11.9. The predicted octanol–water partition coefficient (Wildman–Crippen LogP) is 1.48. The molecule has 0 spiro atoms. The number of carbonyl (C=O) groups is 2. The summed E-state index contributed by atoms with van der Waals surface area (Å²) in [5.41, 5.74) is 1.62. The maximum absolute atomic E-state index is 12.0. The summed E-state index contributed by atoms with van der Waals surface area (Å²) < 4.78 is 5.21. The van der Waals surface area contributed by atoms with E-state index in [-0.39, 0.29) is 5.91 Å². The van der Waals surface area contributed by atoms with Gasteiger partial charge in [0.2, 0.25) is 5.91 Å². The summed E-state index contributed by atoms with van der Waals surface area (Å²) in [4.78, 5) is 27.3. The second-order valence-corrected chi connectivity index (χ2v) is 5.24. The van der Waals surface area contributed by atoms with Crippen LogP contribution in [-0.2, 0) is 20.9 Å². The van der Waals surface area contributed by atoms with Gasteiger partial charge in [-0.25, -0.2) is 4.79 Å². The second kappa shape index (κ2) is 6.11. The van der Waals surface area contributed by atoms with Gasteiger partial charge in [0.25, 0.3) is 0 Å². The number of hydrogen-bond donors (Lipinski definition) is 2. The number of ether oxygens (including phenoxy) is 1. The Hall–Kier alpha value is -2.47. The van der Waals surface area contributed by atoms with Crippen LogP contribution in [0.1, 0.15) is 18.5 Å². The van der Waals surface area contributed by atoms with Crippen molar-refractivity contribution in [3.05, 3.63) is 42.1 Å². The third-order valence-corrected chi connectivity index (χ3v) is 3.69. The van der Waals surface area contributed by atoms with Crippen molar-refractivity contribution in [1.29, 1.82) is 0 Å². The van der Waals surface area contributed by atoms with Gasteiger partial charge in [0.05, 0.1) is 17.8 Å². The van der Waals surface area contributed by atoms with E-state index in [1.54, 1.807) is 0 Å². The van der Waals surface area contributed by atoms with Gasteiger partial charge in [-0.05, 0) is 25.0 Å². The summed E-state index contributed by atoms with van der Waals surface area (Å²) in [6.45, 7) is 0.293. The van der Waals surface area contributed by atoms with Crippen molar-refractivity contribution < 1.29 is 19.4 Å². The molecule has 0 saturated carbocycles. The molecule has 0 radical (unpaired) electrons. The first-order valence-electron chi connectivity index (χ1n) is 7.14. The van der Waals surface area contributed by atoms with E-state index in [0.29, 0.717) is 19.4 Å². The van der Waals surface area contributed by atoms with E-state index in [4.69, 9.17) is 9.84 Å². The van der Waals surface area contributed by atoms with Crippen molar-refractivity contribution in [2.24, 2.45) is 0 Å². The van der Waals surface area contributed by atoms with Gasteiger partial charge in [-0.1, -0.05) is 24.3 Å². The number of fused-ring (bicyclic) bond motifs is 1. The Morgan fingerprint density at radius 1 is 1.18 bits per heavy atom. The number of amides is 1. The average Bonchev–Trinajstić information content (AvgIpc) is 3.03. The maximum atomic E-state index is 12.0. The Morgan fingerprint density at radius 3 is 2.73 bits per heavy atom. The van der Waals surface area contributed by atoms with E-state index in [1.807, 2.05) is 36.4 Å². The van der Waals surface area contributed by atoms with Crippen LogP contribution < -0.4 is 5.32 Å². The molecule has 1 aliphatic rings. The van der Waals surface area contributed by atoms with Crippen LogP contribution in [0.25, 0.3) is 10.9 Å². The second-order valence-electron chi connectivity index (χ2n) is 5.24. The molecule has 6 nitrogen and oxygen atoms in total. The van der Waals surface area contributed by atoms with E-state index < -0.39 is 18.2 Å². The largest absolute Gasteiger partial charge is 0.479 e. The van der Waals surface area contributed by atoms with Crippen LogP contribution in [0.15, 0.2) is 36.4 Å². The number of nitrogens with one attached hydrogen (secondary N) is 1. The lowest BCUT2D eigenvalue weighted by Gasteiger charge is -2.11. The average molecular weight is 300 g/mol. The van der Waals surface area contributed by atoms with Gasteiger partial charge in [0.15, 0.2) is 6.10 Å². The molecule has 1 fully saturated rings. The number of hydrogen-bond acceptors (Lipinski definition) is 4. The van der Waals surface area contributed by atoms with E-state index in [0.717, 1.165) is 16.6 Å². The van der Waals surface area contributed by atoms with Crippen LogP contribution in [0, 0.1) is 0 Å². The fraction of sp³-hybridized carbons (Fsp3) is 0.312. The van der Waals surface area contributed by atoms with Crippen molar-refractivity contribution in [1.82, 2.24) is 10.3 Å². The lowest BCUT2D eigenvalue weighted by atomic mass is 10.2. The lowest BCUT2D eigenvalue weighted by Crippen LogP contribution is -2.35. The number of pyridine rings is 1. The molecule has 1 aromatic carbocycles. The van der Waals surface area contributed by atoms with E-state index in [1.165, 1.54) is 0 Å². The quantitative estimate of drug-likeness (QED) is 0.893. The molecule has 6 heteroatoms. The lowest BCUT2D eigenvalue weighted by molar-refractivity contribution is -0.151. The Kier molecular flexibility index (Phi) is 4.02. The van der Waals surface area contributed by atoms with Gasteiger partial charge in [-0.2, -0.15) is 0 Å². The normalized spacial score (nSPS) is 20.9. The van der Waals surface area contributed by atoms with E-state index >= 15 is 0 Å². The number of carboxylic acid groups (broad SMARTS) is 1. The summed E-state index contributed by atoms with van der Waals surface area (Å²) in [6, 6.07) is 11.6. The van der Waals surface area contributed by atoms with E-state index in [9.17, 15) is 9.59 Å². The van der Waals surface area contributed by atoms with Crippen LogP contribution in [0.3, 0.4) is 0 Å². The minimum atomic E-state index is -1.02. The fourth-order valence-electron chi connectivity index (χ4n) is 2.51. The predicted molar refractivity (Wildman–Crippen MR) is 79.1 cm³/mol. The Balaban J connectivity index is 1.59. The zero-order chi connectivity index (χ0) is 15.5.